The third kappa shape index (κ3) is 3.76. The van der Waals surface area contributed by atoms with Crippen molar-refractivity contribution in [3.8, 4) is 0 Å². The SMILES string of the molecule is CCCNC(=O)c1nn(CC)cc1NC(=O)CC12CC3CC(CC(C3)C1)C2. The minimum atomic E-state index is -0.214. The van der Waals surface area contributed by atoms with Crippen molar-refractivity contribution in [1.29, 1.82) is 0 Å². The molecule has 27 heavy (non-hydrogen) atoms. The number of rotatable bonds is 7. The lowest BCUT2D eigenvalue weighted by Gasteiger charge is -2.56. The summed E-state index contributed by atoms with van der Waals surface area (Å²) in [5, 5.41) is 10.2. The maximum absolute atomic E-state index is 12.9. The van der Waals surface area contributed by atoms with Gasteiger partial charge in [0, 0.05) is 25.7 Å². The second kappa shape index (κ2) is 7.28. The Labute approximate surface area is 161 Å². The first-order valence-electron chi connectivity index (χ1n) is 10.7. The van der Waals surface area contributed by atoms with Gasteiger partial charge in [-0.25, -0.2) is 0 Å². The molecule has 0 unspecified atom stereocenters. The van der Waals surface area contributed by atoms with Gasteiger partial charge in [0.25, 0.3) is 5.91 Å². The Bertz CT molecular complexity index is 688. The first-order valence-corrected chi connectivity index (χ1v) is 10.7. The monoisotopic (exact) mass is 372 g/mol. The first-order chi connectivity index (χ1) is 13.0. The van der Waals surface area contributed by atoms with E-state index in [1.54, 1.807) is 10.9 Å². The minimum absolute atomic E-state index is 0.0390. The molecule has 4 bridgehead atoms. The molecule has 0 atom stereocenters. The highest BCUT2D eigenvalue weighted by atomic mass is 16.2. The fourth-order valence-corrected chi connectivity index (χ4v) is 6.21. The average Bonchev–Trinajstić information content (AvgIpc) is 3.00. The zero-order valence-corrected chi connectivity index (χ0v) is 16.6. The molecule has 2 N–H and O–H groups in total. The molecule has 148 valence electrons. The van der Waals surface area contributed by atoms with E-state index in [9.17, 15) is 9.59 Å². The van der Waals surface area contributed by atoms with Crippen LogP contribution in [0.15, 0.2) is 6.20 Å². The third-order valence-corrected chi connectivity index (χ3v) is 6.81. The Hall–Kier alpha value is -1.85. The zero-order chi connectivity index (χ0) is 19.0. The number of nitrogens with one attached hydrogen (secondary N) is 2. The molecule has 1 heterocycles. The summed E-state index contributed by atoms with van der Waals surface area (Å²) in [4.78, 5) is 25.3. The van der Waals surface area contributed by atoms with Gasteiger partial charge in [0.1, 0.15) is 0 Å². The molecule has 2 amide bonds. The van der Waals surface area contributed by atoms with Gasteiger partial charge in [-0.15, -0.1) is 0 Å². The topological polar surface area (TPSA) is 76.0 Å². The number of aryl methyl sites for hydroxylation is 1. The van der Waals surface area contributed by atoms with Crippen LogP contribution in [0.1, 0.15) is 75.7 Å². The van der Waals surface area contributed by atoms with Crippen molar-refractivity contribution in [2.75, 3.05) is 11.9 Å². The Morgan fingerprint density at radius 2 is 1.78 bits per heavy atom. The molecule has 0 aromatic carbocycles. The molecule has 5 rings (SSSR count). The number of anilines is 1. The quantitative estimate of drug-likeness (QED) is 0.768. The predicted molar refractivity (Wildman–Crippen MR) is 104 cm³/mol. The summed E-state index contributed by atoms with van der Waals surface area (Å²) in [6.07, 6.45) is 11.0. The van der Waals surface area contributed by atoms with E-state index in [-0.39, 0.29) is 17.2 Å². The average molecular weight is 373 g/mol. The van der Waals surface area contributed by atoms with E-state index in [0.29, 0.717) is 30.9 Å². The Balaban J connectivity index is 1.45. The predicted octanol–water partition coefficient (Wildman–Crippen LogP) is 3.59. The van der Waals surface area contributed by atoms with E-state index in [2.05, 4.69) is 15.7 Å². The Kier molecular flexibility index (Phi) is 4.99. The highest BCUT2D eigenvalue weighted by Gasteiger charge is 2.51. The van der Waals surface area contributed by atoms with Crippen molar-refractivity contribution in [2.45, 2.75) is 71.8 Å². The molecule has 6 nitrogen and oxygen atoms in total. The number of nitrogens with zero attached hydrogens (tertiary/aromatic N) is 2. The van der Waals surface area contributed by atoms with Gasteiger partial charge in [-0.3, -0.25) is 14.3 Å². The van der Waals surface area contributed by atoms with Crippen molar-refractivity contribution in [2.24, 2.45) is 23.2 Å². The Morgan fingerprint density at radius 3 is 2.33 bits per heavy atom. The van der Waals surface area contributed by atoms with E-state index in [0.717, 1.165) is 24.2 Å². The zero-order valence-electron chi connectivity index (χ0n) is 16.6. The summed E-state index contributed by atoms with van der Waals surface area (Å²) >= 11 is 0. The second-order valence-corrected chi connectivity index (χ2v) is 9.15. The van der Waals surface area contributed by atoms with Crippen LogP contribution < -0.4 is 10.6 Å². The normalized spacial score (nSPS) is 31.1. The van der Waals surface area contributed by atoms with Gasteiger partial charge in [-0.05, 0) is 75.0 Å². The van der Waals surface area contributed by atoms with Crippen LogP contribution in [-0.4, -0.2) is 28.1 Å². The maximum Gasteiger partial charge on any atom is 0.273 e. The van der Waals surface area contributed by atoms with Crippen LogP contribution in [0.25, 0.3) is 0 Å². The summed E-state index contributed by atoms with van der Waals surface area (Å²) in [6.45, 7) is 5.26. The van der Waals surface area contributed by atoms with E-state index in [1.165, 1.54) is 38.5 Å². The van der Waals surface area contributed by atoms with Crippen LogP contribution in [0.3, 0.4) is 0 Å². The van der Waals surface area contributed by atoms with E-state index in [4.69, 9.17) is 0 Å². The lowest BCUT2D eigenvalue weighted by Crippen LogP contribution is -2.47. The van der Waals surface area contributed by atoms with E-state index in [1.807, 2.05) is 13.8 Å². The first kappa shape index (κ1) is 18.5. The molecule has 6 heteroatoms. The number of aromatic nitrogens is 2. The van der Waals surface area contributed by atoms with Crippen LogP contribution in [0, 0.1) is 23.2 Å². The fourth-order valence-electron chi connectivity index (χ4n) is 6.21. The van der Waals surface area contributed by atoms with Crippen LogP contribution >= 0.6 is 0 Å². The van der Waals surface area contributed by atoms with Crippen LogP contribution in [0.2, 0.25) is 0 Å². The van der Waals surface area contributed by atoms with Gasteiger partial charge in [0.05, 0.1) is 5.69 Å². The summed E-state index contributed by atoms with van der Waals surface area (Å²) in [6, 6.07) is 0. The van der Waals surface area contributed by atoms with Crippen molar-refractivity contribution in [3.63, 3.8) is 0 Å². The third-order valence-electron chi connectivity index (χ3n) is 6.81. The number of hydrogen-bond donors (Lipinski definition) is 2. The van der Waals surface area contributed by atoms with Crippen molar-refractivity contribution in [3.05, 3.63) is 11.9 Å². The van der Waals surface area contributed by atoms with Gasteiger partial charge >= 0.3 is 0 Å². The lowest BCUT2D eigenvalue weighted by atomic mass is 9.49. The van der Waals surface area contributed by atoms with Crippen LogP contribution in [0.4, 0.5) is 5.69 Å². The molecule has 4 saturated carbocycles. The van der Waals surface area contributed by atoms with Gasteiger partial charge in [0.15, 0.2) is 5.69 Å². The summed E-state index contributed by atoms with van der Waals surface area (Å²) in [5.41, 5.74) is 1.06. The standard InChI is InChI=1S/C21H32N4O2/c1-3-5-22-20(27)19-17(13-25(4-2)24-19)23-18(26)12-21-9-14-6-15(10-21)8-16(7-14)11-21/h13-16H,3-12H2,1-2H3,(H,22,27)(H,23,26). The fraction of sp³-hybridized carbons (Fsp3) is 0.762. The van der Waals surface area contributed by atoms with Crippen molar-refractivity contribution < 1.29 is 9.59 Å². The number of carbonyl (C=O) groups excluding carboxylic acids is 2. The highest BCUT2D eigenvalue weighted by Crippen LogP contribution is 2.61. The number of amides is 2. The molecule has 4 aliphatic rings. The summed E-state index contributed by atoms with van der Waals surface area (Å²) < 4.78 is 1.71. The molecule has 0 radical (unpaired) electrons. The molecular formula is C21H32N4O2. The van der Waals surface area contributed by atoms with Gasteiger partial charge in [-0.2, -0.15) is 5.10 Å². The maximum atomic E-state index is 12.9. The molecular weight excluding hydrogens is 340 g/mol. The smallest absolute Gasteiger partial charge is 0.273 e. The van der Waals surface area contributed by atoms with Crippen LogP contribution in [-0.2, 0) is 11.3 Å². The molecule has 1 aromatic heterocycles. The number of hydrogen-bond acceptors (Lipinski definition) is 3. The number of carbonyl (C=O) groups is 2. The summed E-state index contributed by atoms with van der Waals surface area (Å²) in [7, 11) is 0. The molecule has 1 aromatic rings. The van der Waals surface area contributed by atoms with Crippen molar-refractivity contribution >= 4 is 17.5 Å². The highest BCUT2D eigenvalue weighted by molar-refractivity contribution is 6.02. The second-order valence-electron chi connectivity index (χ2n) is 9.15. The Morgan fingerprint density at radius 1 is 1.15 bits per heavy atom. The molecule has 4 aliphatic carbocycles. The van der Waals surface area contributed by atoms with Crippen LogP contribution in [0.5, 0.6) is 0 Å². The molecule has 0 aliphatic heterocycles. The van der Waals surface area contributed by atoms with Gasteiger partial charge in [0.2, 0.25) is 5.91 Å². The largest absolute Gasteiger partial charge is 0.351 e. The van der Waals surface area contributed by atoms with Crippen molar-refractivity contribution in [1.82, 2.24) is 15.1 Å². The summed E-state index contributed by atoms with van der Waals surface area (Å²) in [5.74, 6) is 2.33. The molecule has 0 spiro atoms. The van der Waals surface area contributed by atoms with Gasteiger partial charge in [-0.1, -0.05) is 6.92 Å². The molecule has 4 fully saturated rings. The minimum Gasteiger partial charge on any atom is -0.351 e. The van der Waals surface area contributed by atoms with E-state index < -0.39 is 0 Å². The lowest BCUT2D eigenvalue weighted by molar-refractivity contribution is -0.124. The molecule has 0 saturated heterocycles. The van der Waals surface area contributed by atoms with Gasteiger partial charge < -0.3 is 10.6 Å². The van der Waals surface area contributed by atoms with E-state index >= 15 is 0 Å².